The van der Waals surface area contributed by atoms with Crippen molar-refractivity contribution in [1.82, 2.24) is 15.1 Å². The van der Waals surface area contributed by atoms with Crippen LogP contribution in [0.4, 0.5) is 0 Å². The number of halogens is 2. The summed E-state index contributed by atoms with van der Waals surface area (Å²) in [5, 5.41) is 3.42. The van der Waals surface area contributed by atoms with Gasteiger partial charge in [0.15, 0.2) is 0 Å². The molecule has 0 spiro atoms. The van der Waals surface area contributed by atoms with E-state index in [1.807, 2.05) is 11.0 Å². The van der Waals surface area contributed by atoms with E-state index in [0.717, 1.165) is 25.9 Å². The number of carbonyl (C=O) groups is 1. The summed E-state index contributed by atoms with van der Waals surface area (Å²) in [4.78, 5) is 16.4. The fourth-order valence-corrected chi connectivity index (χ4v) is 3.21. The molecule has 0 bridgehead atoms. The zero-order valence-corrected chi connectivity index (χ0v) is 15.4. The van der Waals surface area contributed by atoms with Gasteiger partial charge in [-0.25, -0.2) is 0 Å². The fraction of sp³-hybridized carbons (Fsp3) is 0.588. The summed E-state index contributed by atoms with van der Waals surface area (Å²) >= 11 is 0. The first-order valence-corrected chi connectivity index (χ1v) is 7.87. The second kappa shape index (κ2) is 8.88. The first-order chi connectivity index (χ1) is 10.1. The van der Waals surface area contributed by atoms with Crippen LogP contribution in [0, 0.1) is 0 Å². The van der Waals surface area contributed by atoms with Crippen molar-refractivity contribution in [3.8, 4) is 0 Å². The van der Waals surface area contributed by atoms with Gasteiger partial charge < -0.3 is 15.1 Å². The quantitative estimate of drug-likeness (QED) is 0.874. The molecular weight excluding hydrogens is 333 g/mol. The van der Waals surface area contributed by atoms with E-state index < -0.39 is 0 Å². The van der Waals surface area contributed by atoms with Crippen LogP contribution in [0.2, 0.25) is 0 Å². The number of benzene rings is 1. The van der Waals surface area contributed by atoms with Crippen molar-refractivity contribution in [3.63, 3.8) is 0 Å². The van der Waals surface area contributed by atoms with E-state index in [-0.39, 0.29) is 30.7 Å². The minimum Gasteiger partial charge on any atom is -0.340 e. The Morgan fingerprint density at radius 1 is 1.26 bits per heavy atom. The zero-order chi connectivity index (χ0) is 14.8. The molecule has 2 aliphatic rings. The van der Waals surface area contributed by atoms with Gasteiger partial charge >= 0.3 is 0 Å². The monoisotopic (exact) mass is 359 g/mol. The summed E-state index contributed by atoms with van der Waals surface area (Å²) in [5.41, 5.74) is 1.39. The summed E-state index contributed by atoms with van der Waals surface area (Å²) < 4.78 is 0. The van der Waals surface area contributed by atoms with Crippen LogP contribution in [0.15, 0.2) is 30.3 Å². The Bertz CT molecular complexity index is 498. The lowest BCUT2D eigenvalue weighted by atomic mass is 10.1. The second-order valence-corrected chi connectivity index (χ2v) is 6.49. The van der Waals surface area contributed by atoms with Crippen LogP contribution in [0.25, 0.3) is 0 Å². The molecule has 0 aromatic heterocycles. The van der Waals surface area contributed by atoms with Crippen molar-refractivity contribution in [2.45, 2.75) is 30.8 Å². The molecule has 2 fully saturated rings. The first-order valence-electron chi connectivity index (χ1n) is 7.87. The minimum absolute atomic E-state index is 0. The van der Waals surface area contributed by atoms with E-state index in [9.17, 15) is 4.79 Å². The van der Waals surface area contributed by atoms with Gasteiger partial charge in [-0.3, -0.25) is 4.79 Å². The standard InChI is InChI=1S/C17H25N3O.2ClH/c1-19(2)14-8-9-20(12-14)17(21)11-18-16-10-15(16)13-6-4-3-5-7-13;;/h3-7,14-16,18H,8-12H2,1-2H3;2*1H. The largest absolute Gasteiger partial charge is 0.340 e. The van der Waals surface area contributed by atoms with Crippen molar-refractivity contribution in [2.24, 2.45) is 0 Å². The summed E-state index contributed by atoms with van der Waals surface area (Å²) in [6, 6.07) is 11.6. The lowest BCUT2D eigenvalue weighted by Crippen LogP contribution is -2.39. The molecule has 4 nitrogen and oxygen atoms in total. The molecule has 1 N–H and O–H groups in total. The molecule has 1 saturated carbocycles. The van der Waals surface area contributed by atoms with E-state index in [1.165, 1.54) is 5.56 Å². The zero-order valence-electron chi connectivity index (χ0n) is 13.8. The average Bonchev–Trinajstić information content (AvgIpc) is 3.09. The van der Waals surface area contributed by atoms with Crippen molar-refractivity contribution in [2.75, 3.05) is 33.7 Å². The number of hydrogen-bond acceptors (Lipinski definition) is 3. The van der Waals surface area contributed by atoms with Crippen LogP contribution >= 0.6 is 24.8 Å². The van der Waals surface area contributed by atoms with Gasteiger partial charge in [0, 0.05) is 31.1 Å². The summed E-state index contributed by atoms with van der Waals surface area (Å²) in [5.74, 6) is 0.838. The van der Waals surface area contributed by atoms with Gasteiger partial charge in [-0.2, -0.15) is 0 Å². The number of rotatable bonds is 5. The topological polar surface area (TPSA) is 35.6 Å². The number of likely N-dealkylation sites (tertiary alicyclic amines) is 1. The number of hydrogen-bond donors (Lipinski definition) is 1. The lowest BCUT2D eigenvalue weighted by molar-refractivity contribution is -0.129. The first kappa shape index (κ1) is 20.2. The highest BCUT2D eigenvalue weighted by Crippen LogP contribution is 2.40. The molecule has 23 heavy (non-hydrogen) atoms. The molecule has 1 aliphatic carbocycles. The van der Waals surface area contributed by atoms with E-state index in [4.69, 9.17) is 0 Å². The molecule has 1 aromatic rings. The minimum atomic E-state index is 0. The van der Waals surface area contributed by atoms with Crippen LogP contribution in [-0.2, 0) is 4.79 Å². The Labute approximate surface area is 151 Å². The normalized spacial score (nSPS) is 25.7. The molecule has 3 rings (SSSR count). The molecule has 6 heteroatoms. The SMILES string of the molecule is CN(C)C1CCN(C(=O)CNC2CC2c2ccccc2)C1.Cl.Cl. The maximum absolute atomic E-state index is 12.2. The molecule has 0 radical (unpaired) electrons. The van der Waals surface area contributed by atoms with E-state index >= 15 is 0 Å². The average molecular weight is 360 g/mol. The number of nitrogens with zero attached hydrogens (tertiary/aromatic N) is 2. The maximum Gasteiger partial charge on any atom is 0.236 e. The molecule has 1 heterocycles. The molecule has 1 aromatic carbocycles. The van der Waals surface area contributed by atoms with Gasteiger partial charge in [0.05, 0.1) is 6.54 Å². The van der Waals surface area contributed by atoms with E-state index in [2.05, 4.69) is 48.6 Å². The van der Waals surface area contributed by atoms with E-state index in [0.29, 0.717) is 24.5 Å². The number of amides is 1. The third-order valence-corrected chi connectivity index (χ3v) is 4.78. The molecule has 1 amide bonds. The molecule has 3 atom stereocenters. The summed E-state index contributed by atoms with van der Waals surface area (Å²) in [6.45, 7) is 2.25. The third-order valence-electron chi connectivity index (χ3n) is 4.78. The summed E-state index contributed by atoms with van der Waals surface area (Å²) in [6.07, 6.45) is 2.24. The second-order valence-electron chi connectivity index (χ2n) is 6.49. The Morgan fingerprint density at radius 3 is 2.57 bits per heavy atom. The molecule has 3 unspecified atom stereocenters. The van der Waals surface area contributed by atoms with Gasteiger partial charge in [-0.05, 0) is 32.5 Å². The van der Waals surface area contributed by atoms with Crippen LogP contribution in [0.3, 0.4) is 0 Å². The number of nitrogens with one attached hydrogen (secondary N) is 1. The molecule has 1 saturated heterocycles. The predicted molar refractivity (Wildman–Crippen MR) is 98.8 cm³/mol. The van der Waals surface area contributed by atoms with Gasteiger partial charge in [0.25, 0.3) is 0 Å². The Kier molecular flexibility index (Phi) is 7.81. The van der Waals surface area contributed by atoms with Gasteiger partial charge in [0.1, 0.15) is 0 Å². The highest BCUT2D eigenvalue weighted by Gasteiger charge is 2.38. The van der Waals surface area contributed by atoms with Gasteiger partial charge in [-0.1, -0.05) is 30.3 Å². The lowest BCUT2D eigenvalue weighted by Gasteiger charge is -2.20. The van der Waals surface area contributed by atoms with Crippen molar-refractivity contribution in [3.05, 3.63) is 35.9 Å². The predicted octanol–water partition coefficient (Wildman–Crippen LogP) is 2.14. The summed E-state index contributed by atoms with van der Waals surface area (Å²) in [7, 11) is 4.18. The Hall–Kier alpha value is -0.810. The molecule has 1 aliphatic heterocycles. The molecular formula is C17H27Cl2N3O. The maximum atomic E-state index is 12.2. The van der Waals surface area contributed by atoms with Crippen LogP contribution in [0.5, 0.6) is 0 Å². The molecule has 130 valence electrons. The smallest absolute Gasteiger partial charge is 0.236 e. The van der Waals surface area contributed by atoms with E-state index in [1.54, 1.807) is 0 Å². The third kappa shape index (κ3) is 5.08. The van der Waals surface area contributed by atoms with Gasteiger partial charge in [-0.15, -0.1) is 24.8 Å². The number of carbonyl (C=O) groups excluding carboxylic acids is 1. The van der Waals surface area contributed by atoms with Crippen molar-refractivity contribution < 1.29 is 4.79 Å². The van der Waals surface area contributed by atoms with Crippen LogP contribution in [-0.4, -0.2) is 61.5 Å². The van der Waals surface area contributed by atoms with Crippen molar-refractivity contribution >= 4 is 30.7 Å². The van der Waals surface area contributed by atoms with Crippen LogP contribution in [0.1, 0.15) is 24.3 Å². The van der Waals surface area contributed by atoms with Gasteiger partial charge in [0.2, 0.25) is 5.91 Å². The fourth-order valence-electron chi connectivity index (χ4n) is 3.21. The highest BCUT2D eigenvalue weighted by atomic mass is 35.5. The van der Waals surface area contributed by atoms with Crippen molar-refractivity contribution in [1.29, 1.82) is 0 Å². The number of likely N-dealkylation sites (N-methyl/N-ethyl adjacent to an activating group) is 1. The highest BCUT2D eigenvalue weighted by molar-refractivity contribution is 5.85. The Morgan fingerprint density at radius 2 is 1.96 bits per heavy atom. The van der Waals surface area contributed by atoms with Crippen LogP contribution < -0.4 is 5.32 Å². The Balaban J connectivity index is 0.00000132.